The van der Waals surface area contributed by atoms with E-state index in [2.05, 4.69) is 45.2 Å². The van der Waals surface area contributed by atoms with Crippen LogP contribution in [0.1, 0.15) is 51.0 Å². The number of benzene rings is 1. The summed E-state index contributed by atoms with van der Waals surface area (Å²) in [5.41, 5.74) is 4.09. The number of fused-ring (bicyclic) bond motifs is 3. The lowest BCUT2D eigenvalue weighted by Crippen LogP contribution is -2.60. The average molecular weight is 436 g/mol. The van der Waals surface area contributed by atoms with Gasteiger partial charge in [0.25, 0.3) is 0 Å². The highest BCUT2D eigenvalue weighted by Gasteiger charge is 2.51. The summed E-state index contributed by atoms with van der Waals surface area (Å²) in [6, 6.07) is 6.46. The summed E-state index contributed by atoms with van der Waals surface area (Å²) >= 11 is 1.39. The largest absolute Gasteiger partial charge is 0.350 e. The lowest BCUT2D eigenvalue weighted by Gasteiger charge is -2.56. The van der Waals surface area contributed by atoms with E-state index in [1.54, 1.807) is 0 Å². The molecule has 162 valence electrons. The van der Waals surface area contributed by atoms with Gasteiger partial charge in [-0.3, -0.25) is 4.79 Å². The second kappa shape index (κ2) is 7.19. The lowest BCUT2D eigenvalue weighted by molar-refractivity contribution is -0.124. The number of carbonyl (C=O) groups excluding carboxylic acids is 1. The fourth-order valence-corrected chi connectivity index (χ4v) is 7.48. The molecule has 0 unspecified atom stereocenters. The predicted molar refractivity (Wildman–Crippen MR) is 123 cm³/mol. The van der Waals surface area contributed by atoms with Crippen LogP contribution in [-0.4, -0.2) is 36.9 Å². The topological polar surface area (TPSA) is 72.7 Å². The summed E-state index contributed by atoms with van der Waals surface area (Å²) in [6.07, 6.45) is 8.66. The zero-order chi connectivity index (χ0) is 21.2. The van der Waals surface area contributed by atoms with E-state index in [4.69, 9.17) is 4.98 Å². The summed E-state index contributed by atoms with van der Waals surface area (Å²) < 4.78 is 2.07. The molecule has 4 bridgehead atoms. The van der Waals surface area contributed by atoms with Crippen LogP contribution in [0.2, 0.25) is 0 Å². The molecule has 31 heavy (non-hydrogen) atoms. The Kier molecular flexibility index (Phi) is 4.53. The van der Waals surface area contributed by atoms with Gasteiger partial charge in [0.05, 0.1) is 11.3 Å². The van der Waals surface area contributed by atoms with Gasteiger partial charge in [-0.05, 0) is 80.4 Å². The standard InChI is InChI=1S/C24H29N5OS/c1-3-14-4-5-19-18(9-14)21-22(29(19)2)25-23(28-27-21)31-13-20(30)26-24-10-15-6-16(11-24)8-17(7-15)12-24/h4-5,9,15-17H,3,6-8,10-13H2,1-2H3,(H,26,30). The Balaban J connectivity index is 1.18. The number of nitrogens with one attached hydrogen (secondary N) is 1. The van der Waals surface area contributed by atoms with Gasteiger partial charge in [0.1, 0.15) is 5.52 Å². The lowest BCUT2D eigenvalue weighted by atomic mass is 9.53. The molecule has 4 saturated carbocycles. The SMILES string of the molecule is CCc1ccc2c(c1)c1nnc(SCC(=O)NC34CC5CC(CC(C5)C3)C4)nc1n2C. The fraction of sp³-hybridized carbons (Fsp3) is 0.583. The molecule has 1 amide bonds. The number of carbonyl (C=O) groups is 1. The second-order valence-electron chi connectivity index (χ2n) is 10.1. The first-order valence-corrected chi connectivity index (χ1v) is 12.6. The molecule has 7 rings (SSSR count). The molecule has 7 heteroatoms. The van der Waals surface area contributed by atoms with Crippen LogP contribution in [-0.2, 0) is 18.3 Å². The molecule has 0 saturated heterocycles. The van der Waals surface area contributed by atoms with Gasteiger partial charge in [-0.25, -0.2) is 4.98 Å². The van der Waals surface area contributed by atoms with E-state index >= 15 is 0 Å². The monoisotopic (exact) mass is 435 g/mol. The molecule has 0 spiro atoms. The van der Waals surface area contributed by atoms with Gasteiger partial charge >= 0.3 is 0 Å². The Morgan fingerprint density at radius 1 is 1.16 bits per heavy atom. The van der Waals surface area contributed by atoms with E-state index in [0.29, 0.717) is 10.9 Å². The van der Waals surface area contributed by atoms with E-state index < -0.39 is 0 Å². The number of thioether (sulfide) groups is 1. The zero-order valence-electron chi connectivity index (χ0n) is 18.2. The molecule has 2 heterocycles. The summed E-state index contributed by atoms with van der Waals surface area (Å²) in [5, 5.41) is 13.9. The summed E-state index contributed by atoms with van der Waals surface area (Å²) in [5.74, 6) is 2.94. The van der Waals surface area contributed by atoms with Crippen molar-refractivity contribution in [3.63, 3.8) is 0 Å². The fourth-order valence-electron chi connectivity index (χ4n) is 6.90. The van der Waals surface area contributed by atoms with Gasteiger partial charge in [0, 0.05) is 18.0 Å². The van der Waals surface area contributed by atoms with Crippen molar-refractivity contribution in [2.45, 2.75) is 62.6 Å². The van der Waals surface area contributed by atoms with Crippen LogP contribution in [0.5, 0.6) is 0 Å². The Bertz CT molecular complexity index is 1150. The number of rotatable bonds is 5. The second-order valence-corrected chi connectivity index (χ2v) is 11.0. The number of aryl methyl sites for hydroxylation is 2. The highest BCUT2D eigenvalue weighted by molar-refractivity contribution is 7.99. The number of hydrogen-bond acceptors (Lipinski definition) is 5. The van der Waals surface area contributed by atoms with Gasteiger partial charge in [-0.1, -0.05) is 24.8 Å². The van der Waals surface area contributed by atoms with Crippen molar-refractivity contribution in [3.8, 4) is 0 Å². The maximum atomic E-state index is 12.8. The minimum absolute atomic E-state index is 0.0578. The average Bonchev–Trinajstić information content (AvgIpc) is 3.02. The summed E-state index contributed by atoms with van der Waals surface area (Å²) in [7, 11) is 2.01. The highest BCUT2D eigenvalue weighted by Crippen LogP contribution is 2.55. The van der Waals surface area contributed by atoms with Crippen molar-refractivity contribution in [1.29, 1.82) is 0 Å². The first-order valence-electron chi connectivity index (χ1n) is 11.6. The van der Waals surface area contributed by atoms with Crippen LogP contribution in [0.15, 0.2) is 23.4 Å². The number of hydrogen-bond donors (Lipinski definition) is 1. The van der Waals surface area contributed by atoms with Crippen LogP contribution < -0.4 is 5.32 Å². The van der Waals surface area contributed by atoms with Crippen molar-refractivity contribution in [1.82, 2.24) is 25.1 Å². The van der Waals surface area contributed by atoms with Gasteiger partial charge < -0.3 is 9.88 Å². The van der Waals surface area contributed by atoms with E-state index in [-0.39, 0.29) is 11.4 Å². The molecule has 0 radical (unpaired) electrons. The van der Waals surface area contributed by atoms with Crippen LogP contribution in [0, 0.1) is 17.8 Å². The molecule has 4 aliphatic carbocycles. The number of nitrogens with zero attached hydrogens (tertiary/aromatic N) is 4. The van der Waals surface area contributed by atoms with Crippen molar-refractivity contribution < 1.29 is 4.79 Å². The van der Waals surface area contributed by atoms with Crippen LogP contribution >= 0.6 is 11.8 Å². The number of aromatic nitrogens is 4. The Morgan fingerprint density at radius 2 is 1.87 bits per heavy atom. The maximum absolute atomic E-state index is 12.8. The predicted octanol–water partition coefficient (Wildman–Crippen LogP) is 4.26. The van der Waals surface area contributed by atoms with Gasteiger partial charge in [0.15, 0.2) is 5.65 Å². The van der Waals surface area contributed by atoms with Crippen LogP contribution in [0.25, 0.3) is 22.1 Å². The van der Waals surface area contributed by atoms with Crippen molar-refractivity contribution in [2.24, 2.45) is 24.8 Å². The Hall–Kier alpha value is -2.15. The first-order chi connectivity index (χ1) is 15.0. The molecule has 2 aromatic heterocycles. The molecule has 6 nitrogen and oxygen atoms in total. The minimum Gasteiger partial charge on any atom is -0.350 e. The smallest absolute Gasteiger partial charge is 0.230 e. The van der Waals surface area contributed by atoms with Crippen LogP contribution in [0.3, 0.4) is 0 Å². The maximum Gasteiger partial charge on any atom is 0.230 e. The molecule has 4 fully saturated rings. The van der Waals surface area contributed by atoms with Gasteiger partial charge in [-0.15, -0.1) is 10.2 Å². The molecule has 3 aromatic rings. The van der Waals surface area contributed by atoms with E-state index in [9.17, 15) is 4.79 Å². The third-order valence-corrected chi connectivity index (χ3v) is 8.67. The zero-order valence-corrected chi connectivity index (χ0v) is 19.0. The molecule has 4 aliphatic rings. The molecule has 1 aromatic carbocycles. The van der Waals surface area contributed by atoms with Gasteiger partial charge in [0.2, 0.25) is 11.1 Å². The van der Waals surface area contributed by atoms with Crippen LogP contribution in [0.4, 0.5) is 0 Å². The minimum atomic E-state index is 0.0578. The summed E-state index contributed by atoms with van der Waals surface area (Å²) in [6.45, 7) is 2.15. The third kappa shape index (κ3) is 3.32. The van der Waals surface area contributed by atoms with Crippen molar-refractivity contribution in [2.75, 3.05) is 5.75 Å². The molecular formula is C24H29N5OS. The molecule has 0 aliphatic heterocycles. The Labute approximate surface area is 186 Å². The number of amides is 1. The molecular weight excluding hydrogens is 406 g/mol. The third-order valence-electron chi connectivity index (χ3n) is 7.83. The Morgan fingerprint density at radius 3 is 2.55 bits per heavy atom. The van der Waals surface area contributed by atoms with E-state index in [0.717, 1.165) is 46.2 Å². The normalized spacial score (nSPS) is 29.2. The highest BCUT2D eigenvalue weighted by atomic mass is 32.2. The molecule has 1 N–H and O–H groups in total. The molecule has 0 atom stereocenters. The van der Waals surface area contributed by atoms with E-state index in [1.807, 2.05) is 7.05 Å². The summed E-state index contributed by atoms with van der Waals surface area (Å²) in [4.78, 5) is 17.6. The van der Waals surface area contributed by atoms with Crippen molar-refractivity contribution in [3.05, 3.63) is 23.8 Å². The van der Waals surface area contributed by atoms with E-state index in [1.165, 1.54) is 55.9 Å². The quantitative estimate of drug-likeness (QED) is 0.607. The van der Waals surface area contributed by atoms with Crippen molar-refractivity contribution >= 4 is 39.7 Å². The first kappa shape index (κ1) is 19.5. The van der Waals surface area contributed by atoms with Gasteiger partial charge in [-0.2, -0.15) is 0 Å².